The highest BCUT2D eigenvalue weighted by Crippen LogP contribution is 2.27. The topological polar surface area (TPSA) is 119 Å². The summed E-state index contributed by atoms with van der Waals surface area (Å²) in [6.07, 6.45) is -0.636. The number of carbonyl (C=O) groups is 3. The lowest BCUT2D eigenvalue weighted by molar-refractivity contribution is -0.146. The van der Waals surface area contributed by atoms with Crippen LogP contribution in [0.4, 0.5) is 0 Å². The van der Waals surface area contributed by atoms with E-state index in [1.807, 2.05) is 12.1 Å². The van der Waals surface area contributed by atoms with Gasteiger partial charge in [-0.05, 0) is 17.5 Å². The molecule has 2 rings (SSSR count). The Hall–Kier alpha value is -2.41. The first-order chi connectivity index (χ1) is 9.99. The molecule has 1 aromatic carbocycles. The fourth-order valence-corrected chi connectivity index (χ4v) is 2.26. The zero-order valence-electron chi connectivity index (χ0n) is 11.2. The molecule has 7 heteroatoms. The first-order valence-electron chi connectivity index (χ1n) is 6.50. The van der Waals surface area contributed by atoms with Gasteiger partial charge in [0.25, 0.3) is 5.91 Å². The zero-order chi connectivity index (χ0) is 15.4. The van der Waals surface area contributed by atoms with E-state index in [0.29, 0.717) is 18.6 Å². The number of fused-ring (bicyclic) bond motifs is 1. The summed E-state index contributed by atoms with van der Waals surface area (Å²) in [5, 5.41) is 11.3. The van der Waals surface area contributed by atoms with E-state index in [4.69, 9.17) is 15.6 Å². The maximum Gasteiger partial charge on any atom is 0.326 e. The van der Waals surface area contributed by atoms with Crippen LogP contribution in [-0.4, -0.2) is 35.5 Å². The highest BCUT2D eigenvalue weighted by molar-refractivity contribution is 5.90. The van der Waals surface area contributed by atoms with Crippen LogP contribution in [0.1, 0.15) is 23.7 Å². The van der Waals surface area contributed by atoms with Crippen molar-refractivity contribution in [3.05, 3.63) is 35.4 Å². The molecule has 0 aromatic heterocycles. The van der Waals surface area contributed by atoms with E-state index in [-0.39, 0.29) is 0 Å². The molecule has 4 N–H and O–H groups in total. The normalized spacial score (nSPS) is 18.4. The predicted octanol–water partition coefficient (Wildman–Crippen LogP) is -0.255. The number of carbonyl (C=O) groups excluding carboxylic acids is 2. The van der Waals surface area contributed by atoms with Crippen molar-refractivity contribution in [3.8, 4) is 0 Å². The van der Waals surface area contributed by atoms with Crippen molar-refractivity contribution in [3.63, 3.8) is 0 Å². The molecule has 7 nitrogen and oxygen atoms in total. The van der Waals surface area contributed by atoms with E-state index in [9.17, 15) is 14.4 Å². The van der Waals surface area contributed by atoms with Gasteiger partial charge in [0, 0.05) is 0 Å². The maximum atomic E-state index is 12.2. The predicted molar refractivity (Wildman–Crippen MR) is 72.2 cm³/mol. The summed E-state index contributed by atoms with van der Waals surface area (Å²) in [7, 11) is 0. The summed E-state index contributed by atoms with van der Waals surface area (Å²) in [4.78, 5) is 34.1. The van der Waals surface area contributed by atoms with Crippen LogP contribution in [-0.2, 0) is 25.5 Å². The Labute approximate surface area is 121 Å². The molecule has 1 aromatic rings. The third-order valence-electron chi connectivity index (χ3n) is 3.25. The Balaban J connectivity index is 2.13. The lowest BCUT2D eigenvalue weighted by Gasteiger charge is -2.26. The molecular formula is C14H16N2O5. The lowest BCUT2D eigenvalue weighted by Crippen LogP contribution is -2.46. The highest BCUT2D eigenvalue weighted by Gasteiger charge is 2.31. The Morgan fingerprint density at radius 3 is 2.76 bits per heavy atom. The third-order valence-corrected chi connectivity index (χ3v) is 3.25. The molecule has 0 spiro atoms. The SMILES string of the molecule is NC(=O)C[C@H](NC(=O)C1OCCc2ccccc21)C(=O)O. The van der Waals surface area contributed by atoms with Crippen LogP contribution in [0.25, 0.3) is 0 Å². The number of hydrogen-bond acceptors (Lipinski definition) is 4. The molecule has 1 unspecified atom stereocenters. The molecule has 21 heavy (non-hydrogen) atoms. The number of carboxylic acid groups (broad SMARTS) is 1. The average molecular weight is 292 g/mol. The molecule has 2 amide bonds. The molecule has 2 atom stereocenters. The van der Waals surface area contributed by atoms with Crippen molar-refractivity contribution in [2.24, 2.45) is 5.73 Å². The molecule has 1 aliphatic rings. The number of nitrogens with two attached hydrogens (primary N) is 1. The average Bonchev–Trinajstić information content (AvgIpc) is 2.45. The van der Waals surface area contributed by atoms with Gasteiger partial charge in [0.2, 0.25) is 5.91 Å². The van der Waals surface area contributed by atoms with Gasteiger partial charge >= 0.3 is 5.97 Å². The minimum absolute atomic E-state index is 0.378. The molecule has 112 valence electrons. The van der Waals surface area contributed by atoms with Gasteiger partial charge in [-0.1, -0.05) is 24.3 Å². The van der Waals surface area contributed by atoms with Crippen molar-refractivity contribution in [2.45, 2.75) is 25.0 Å². The van der Waals surface area contributed by atoms with Crippen LogP contribution < -0.4 is 11.1 Å². The maximum absolute atomic E-state index is 12.2. The number of rotatable bonds is 5. The molecular weight excluding hydrogens is 276 g/mol. The number of carboxylic acids is 1. The van der Waals surface area contributed by atoms with Crippen molar-refractivity contribution in [2.75, 3.05) is 6.61 Å². The summed E-state index contributed by atoms with van der Waals surface area (Å²) in [5.41, 5.74) is 6.68. The molecule has 0 saturated heterocycles. The second kappa shape index (κ2) is 6.36. The molecule has 1 heterocycles. The molecule has 0 bridgehead atoms. The first kappa shape index (κ1) is 15.0. The number of nitrogens with one attached hydrogen (secondary N) is 1. The minimum atomic E-state index is -1.35. The van der Waals surface area contributed by atoms with Gasteiger partial charge < -0.3 is 20.9 Å². The fourth-order valence-electron chi connectivity index (χ4n) is 2.26. The number of hydrogen-bond donors (Lipinski definition) is 3. The first-order valence-corrected chi connectivity index (χ1v) is 6.50. The van der Waals surface area contributed by atoms with Gasteiger partial charge in [0.1, 0.15) is 6.04 Å². The van der Waals surface area contributed by atoms with Crippen LogP contribution in [0.3, 0.4) is 0 Å². The Morgan fingerprint density at radius 2 is 2.10 bits per heavy atom. The monoisotopic (exact) mass is 292 g/mol. The number of aliphatic carboxylic acids is 1. The largest absolute Gasteiger partial charge is 0.480 e. The molecule has 0 aliphatic carbocycles. The summed E-state index contributed by atoms with van der Waals surface area (Å²) < 4.78 is 5.43. The summed E-state index contributed by atoms with van der Waals surface area (Å²) in [6.45, 7) is 0.378. The van der Waals surface area contributed by atoms with E-state index in [1.165, 1.54) is 0 Å². The zero-order valence-corrected chi connectivity index (χ0v) is 11.2. The fraction of sp³-hybridized carbons (Fsp3) is 0.357. The van der Waals surface area contributed by atoms with E-state index in [1.54, 1.807) is 12.1 Å². The van der Waals surface area contributed by atoms with Gasteiger partial charge in [-0.3, -0.25) is 9.59 Å². The number of primary amides is 1. The van der Waals surface area contributed by atoms with Crippen LogP contribution in [0.15, 0.2) is 24.3 Å². The van der Waals surface area contributed by atoms with Crippen LogP contribution in [0.5, 0.6) is 0 Å². The Bertz CT molecular complexity index is 572. The van der Waals surface area contributed by atoms with Gasteiger partial charge in [-0.15, -0.1) is 0 Å². The van der Waals surface area contributed by atoms with E-state index in [0.717, 1.165) is 5.56 Å². The van der Waals surface area contributed by atoms with E-state index >= 15 is 0 Å². The van der Waals surface area contributed by atoms with Crippen molar-refractivity contribution in [1.29, 1.82) is 0 Å². The summed E-state index contributed by atoms with van der Waals surface area (Å²) >= 11 is 0. The minimum Gasteiger partial charge on any atom is -0.480 e. The third kappa shape index (κ3) is 3.57. The molecule has 0 radical (unpaired) electrons. The van der Waals surface area contributed by atoms with Crippen molar-refractivity contribution < 1.29 is 24.2 Å². The summed E-state index contributed by atoms with van der Waals surface area (Å²) in [6, 6.07) is 5.96. The van der Waals surface area contributed by atoms with Gasteiger partial charge in [0.15, 0.2) is 6.10 Å². The molecule has 0 fully saturated rings. The van der Waals surface area contributed by atoms with Crippen LogP contribution in [0, 0.1) is 0 Å². The van der Waals surface area contributed by atoms with Gasteiger partial charge in [-0.25, -0.2) is 4.79 Å². The van der Waals surface area contributed by atoms with E-state index in [2.05, 4.69) is 5.32 Å². The highest BCUT2D eigenvalue weighted by atomic mass is 16.5. The molecule has 0 saturated carbocycles. The lowest BCUT2D eigenvalue weighted by atomic mass is 9.97. The Morgan fingerprint density at radius 1 is 1.38 bits per heavy atom. The van der Waals surface area contributed by atoms with Gasteiger partial charge in [0.05, 0.1) is 13.0 Å². The number of benzene rings is 1. The van der Waals surface area contributed by atoms with Crippen LogP contribution in [0.2, 0.25) is 0 Å². The Kier molecular flexibility index (Phi) is 4.54. The second-order valence-electron chi connectivity index (χ2n) is 4.77. The molecule has 1 aliphatic heterocycles. The standard InChI is InChI=1S/C14H16N2O5/c15-11(17)7-10(14(19)20)16-13(18)12-9-4-2-1-3-8(9)5-6-21-12/h1-4,10,12H,5-7H2,(H2,15,17)(H,16,18)(H,19,20)/t10-,12?/m0/s1. The van der Waals surface area contributed by atoms with Crippen LogP contribution >= 0.6 is 0 Å². The van der Waals surface area contributed by atoms with Gasteiger partial charge in [-0.2, -0.15) is 0 Å². The van der Waals surface area contributed by atoms with Crippen molar-refractivity contribution >= 4 is 17.8 Å². The second-order valence-corrected chi connectivity index (χ2v) is 4.77. The number of ether oxygens (including phenoxy) is 1. The smallest absolute Gasteiger partial charge is 0.326 e. The number of amides is 2. The summed E-state index contributed by atoms with van der Waals surface area (Å²) in [5.74, 6) is -2.70. The van der Waals surface area contributed by atoms with Crippen molar-refractivity contribution in [1.82, 2.24) is 5.32 Å². The quantitative estimate of drug-likeness (QED) is 0.691. The van der Waals surface area contributed by atoms with E-state index < -0.39 is 36.4 Å².